The van der Waals surface area contributed by atoms with Crippen molar-refractivity contribution in [1.29, 1.82) is 0 Å². The summed E-state index contributed by atoms with van der Waals surface area (Å²) in [6.07, 6.45) is 1.01. The molecule has 2 aromatic rings. The molecule has 0 aliphatic heterocycles. The lowest BCUT2D eigenvalue weighted by Gasteiger charge is -2.08. The van der Waals surface area contributed by atoms with Crippen LogP contribution in [0.3, 0.4) is 0 Å². The van der Waals surface area contributed by atoms with Gasteiger partial charge in [0.05, 0.1) is 5.02 Å². The molecule has 0 unspecified atom stereocenters. The van der Waals surface area contributed by atoms with Crippen LogP contribution in [0, 0.1) is 6.92 Å². The van der Waals surface area contributed by atoms with Crippen LogP contribution >= 0.6 is 11.6 Å². The van der Waals surface area contributed by atoms with Crippen LogP contribution in [-0.4, -0.2) is 11.7 Å². The van der Waals surface area contributed by atoms with Crippen molar-refractivity contribution in [2.45, 2.75) is 19.9 Å². The van der Waals surface area contributed by atoms with E-state index in [-0.39, 0.29) is 5.75 Å². The molecule has 0 aromatic heterocycles. The Morgan fingerprint density at radius 1 is 1.16 bits per heavy atom. The summed E-state index contributed by atoms with van der Waals surface area (Å²) in [6.45, 7) is 3.81. The molecule has 0 heterocycles. The molecule has 0 bridgehead atoms. The molecule has 3 heteroatoms. The average molecular weight is 276 g/mol. The Balaban J connectivity index is 1.81. The molecule has 0 amide bonds. The molecule has 0 atom stereocenters. The monoisotopic (exact) mass is 275 g/mol. The van der Waals surface area contributed by atoms with E-state index in [4.69, 9.17) is 11.6 Å². The standard InChI is InChI=1S/C16H18ClNO/c1-12-4-2-3-5-14(12)8-9-18-11-13-6-7-16(19)15(17)10-13/h2-7,10,18-19H,8-9,11H2,1H3. The number of nitrogens with one attached hydrogen (secondary N) is 1. The second-order valence-electron chi connectivity index (χ2n) is 4.64. The van der Waals surface area contributed by atoms with E-state index in [1.54, 1.807) is 12.1 Å². The highest BCUT2D eigenvalue weighted by molar-refractivity contribution is 6.32. The first-order chi connectivity index (χ1) is 9.16. The largest absolute Gasteiger partial charge is 0.506 e. The molecule has 0 spiro atoms. The van der Waals surface area contributed by atoms with Crippen molar-refractivity contribution < 1.29 is 5.11 Å². The molecule has 0 fully saturated rings. The maximum atomic E-state index is 9.34. The van der Waals surface area contributed by atoms with E-state index in [0.717, 1.165) is 25.1 Å². The number of aryl methyl sites for hydroxylation is 1. The maximum absolute atomic E-state index is 9.34. The lowest BCUT2D eigenvalue weighted by molar-refractivity contribution is 0.475. The fourth-order valence-electron chi connectivity index (χ4n) is 2.01. The molecule has 2 aromatic carbocycles. The molecule has 0 aliphatic rings. The molecule has 100 valence electrons. The van der Waals surface area contributed by atoms with E-state index < -0.39 is 0 Å². The highest BCUT2D eigenvalue weighted by Gasteiger charge is 2.00. The Kier molecular flexibility index (Phi) is 4.83. The summed E-state index contributed by atoms with van der Waals surface area (Å²) in [7, 11) is 0. The van der Waals surface area contributed by atoms with Gasteiger partial charge in [0.15, 0.2) is 0 Å². The van der Waals surface area contributed by atoms with Crippen LogP contribution in [0.2, 0.25) is 5.02 Å². The van der Waals surface area contributed by atoms with Crippen molar-refractivity contribution in [2.24, 2.45) is 0 Å². The summed E-state index contributed by atoms with van der Waals surface area (Å²) in [4.78, 5) is 0. The number of phenolic OH excluding ortho intramolecular Hbond substituents is 1. The van der Waals surface area contributed by atoms with Crippen molar-refractivity contribution in [3.63, 3.8) is 0 Å². The normalized spacial score (nSPS) is 10.6. The predicted molar refractivity (Wildman–Crippen MR) is 79.7 cm³/mol. The van der Waals surface area contributed by atoms with E-state index >= 15 is 0 Å². The van der Waals surface area contributed by atoms with Crippen LogP contribution < -0.4 is 5.32 Å². The number of aromatic hydroxyl groups is 1. The first-order valence-electron chi connectivity index (χ1n) is 6.39. The van der Waals surface area contributed by atoms with Gasteiger partial charge < -0.3 is 10.4 Å². The first kappa shape index (κ1) is 13.9. The van der Waals surface area contributed by atoms with Crippen LogP contribution in [0.15, 0.2) is 42.5 Å². The van der Waals surface area contributed by atoms with Gasteiger partial charge >= 0.3 is 0 Å². The fraction of sp³-hybridized carbons (Fsp3) is 0.250. The zero-order chi connectivity index (χ0) is 13.7. The molecule has 0 radical (unpaired) electrons. The molecule has 19 heavy (non-hydrogen) atoms. The number of rotatable bonds is 5. The number of phenols is 1. The van der Waals surface area contributed by atoms with Gasteiger partial charge in [0.1, 0.15) is 5.75 Å². The van der Waals surface area contributed by atoms with Gasteiger partial charge in [-0.2, -0.15) is 0 Å². The Morgan fingerprint density at radius 3 is 2.68 bits per heavy atom. The van der Waals surface area contributed by atoms with Crippen LogP contribution in [-0.2, 0) is 13.0 Å². The van der Waals surface area contributed by atoms with E-state index in [0.29, 0.717) is 5.02 Å². The summed E-state index contributed by atoms with van der Waals surface area (Å²) in [5, 5.41) is 13.1. The Bertz CT molecular complexity index is 554. The van der Waals surface area contributed by atoms with Gasteiger partial charge in [-0.1, -0.05) is 41.9 Å². The molecular formula is C16H18ClNO. The molecule has 0 saturated heterocycles. The Morgan fingerprint density at radius 2 is 1.95 bits per heavy atom. The maximum Gasteiger partial charge on any atom is 0.134 e. The summed E-state index contributed by atoms with van der Waals surface area (Å²) >= 11 is 5.87. The molecule has 2 nitrogen and oxygen atoms in total. The average Bonchev–Trinajstić information content (AvgIpc) is 2.40. The van der Waals surface area contributed by atoms with Crippen molar-refractivity contribution in [1.82, 2.24) is 5.32 Å². The third kappa shape index (κ3) is 3.98. The SMILES string of the molecule is Cc1ccccc1CCNCc1ccc(O)c(Cl)c1. The van der Waals surface area contributed by atoms with Crippen molar-refractivity contribution in [3.8, 4) is 5.75 Å². The smallest absolute Gasteiger partial charge is 0.134 e. The van der Waals surface area contributed by atoms with E-state index in [9.17, 15) is 5.11 Å². The summed E-state index contributed by atoms with van der Waals surface area (Å²) in [5.74, 6) is 0.130. The Hall–Kier alpha value is -1.51. The fourth-order valence-corrected chi connectivity index (χ4v) is 2.21. The number of halogens is 1. The lowest BCUT2D eigenvalue weighted by Crippen LogP contribution is -2.17. The van der Waals surface area contributed by atoms with E-state index in [1.165, 1.54) is 11.1 Å². The van der Waals surface area contributed by atoms with Gasteiger partial charge in [0, 0.05) is 6.54 Å². The minimum atomic E-state index is 0.130. The van der Waals surface area contributed by atoms with Crippen molar-refractivity contribution in [3.05, 3.63) is 64.2 Å². The third-order valence-corrected chi connectivity index (χ3v) is 3.48. The number of benzene rings is 2. The number of hydrogen-bond donors (Lipinski definition) is 2. The quantitative estimate of drug-likeness (QED) is 0.816. The topological polar surface area (TPSA) is 32.3 Å². The van der Waals surface area contributed by atoms with Gasteiger partial charge in [-0.25, -0.2) is 0 Å². The molecule has 0 aliphatic carbocycles. The second kappa shape index (κ2) is 6.60. The van der Waals surface area contributed by atoms with Crippen molar-refractivity contribution >= 4 is 11.6 Å². The summed E-state index contributed by atoms with van der Waals surface area (Å²) < 4.78 is 0. The zero-order valence-corrected chi connectivity index (χ0v) is 11.7. The van der Waals surface area contributed by atoms with Gasteiger partial charge in [0.25, 0.3) is 0 Å². The highest BCUT2D eigenvalue weighted by atomic mass is 35.5. The van der Waals surface area contributed by atoms with E-state index in [2.05, 4.69) is 36.5 Å². The summed E-state index contributed by atoms with van der Waals surface area (Å²) in [6, 6.07) is 13.7. The second-order valence-corrected chi connectivity index (χ2v) is 5.05. The first-order valence-corrected chi connectivity index (χ1v) is 6.77. The molecule has 0 saturated carbocycles. The molecule has 2 rings (SSSR count). The van der Waals surface area contributed by atoms with Gasteiger partial charge in [-0.3, -0.25) is 0 Å². The Labute approximate surface area is 119 Å². The van der Waals surface area contributed by atoms with Crippen LogP contribution in [0.4, 0.5) is 0 Å². The van der Waals surface area contributed by atoms with Crippen LogP contribution in [0.5, 0.6) is 5.75 Å². The minimum Gasteiger partial charge on any atom is -0.506 e. The lowest BCUT2D eigenvalue weighted by atomic mass is 10.1. The minimum absolute atomic E-state index is 0.130. The summed E-state index contributed by atoms with van der Waals surface area (Å²) in [5.41, 5.74) is 3.78. The third-order valence-electron chi connectivity index (χ3n) is 3.17. The van der Waals surface area contributed by atoms with Crippen molar-refractivity contribution in [2.75, 3.05) is 6.54 Å². The molecular weight excluding hydrogens is 258 g/mol. The molecule has 2 N–H and O–H groups in total. The van der Waals surface area contributed by atoms with Gasteiger partial charge in [-0.05, 0) is 48.7 Å². The highest BCUT2D eigenvalue weighted by Crippen LogP contribution is 2.23. The van der Waals surface area contributed by atoms with Gasteiger partial charge in [0.2, 0.25) is 0 Å². The van der Waals surface area contributed by atoms with Crippen LogP contribution in [0.25, 0.3) is 0 Å². The van der Waals surface area contributed by atoms with Gasteiger partial charge in [-0.15, -0.1) is 0 Å². The number of hydrogen-bond acceptors (Lipinski definition) is 2. The van der Waals surface area contributed by atoms with E-state index in [1.807, 2.05) is 6.07 Å². The predicted octanol–water partition coefficient (Wildman–Crippen LogP) is 3.69. The zero-order valence-electron chi connectivity index (χ0n) is 11.0. The van der Waals surface area contributed by atoms with Crippen LogP contribution in [0.1, 0.15) is 16.7 Å².